The summed E-state index contributed by atoms with van der Waals surface area (Å²) in [5, 5.41) is 0. The van der Waals surface area contributed by atoms with Gasteiger partial charge in [0.1, 0.15) is 6.10 Å². The number of methoxy groups -OCH3 is 2. The van der Waals surface area contributed by atoms with Crippen LogP contribution in [-0.4, -0.2) is 33.1 Å². The summed E-state index contributed by atoms with van der Waals surface area (Å²) in [6.45, 7) is 3.22. The molecule has 65 valence electrons. The van der Waals surface area contributed by atoms with E-state index in [4.69, 9.17) is 9.47 Å². The van der Waals surface area contributed by atoms with E-state index in [2.05, 4.69) is 4.74 Å². The van der Waals surface area contributed by atoms with E-state index in [9.17, 15) is 4.79 Å². The van der Waals surface area contributed by atoms with Crippen LogP contribution in [0.2, 0.25) is 0 Å². The molecule has 0 saturated carbocycles. The lowest BCUT2D eigenvalue weighted by atomic mass is 10.3. The molecule has 0 saturated heterocycles. The molecule has 0 aliphatic rings. The van der Waals surface area contributed by atoms with Crippen molar-refractivity contribution < 1.29 is 19.0 Å². The maximum absolute atomic E-state index is 9.83. The van der Waals surface area contributed by atoms with Crippen LogP contribution in [0.3, 0.4) is 0 Å². The molecule has 0 fully saturated rings. The summed E-state index contributed by atoms with van der Waals surface area (Å²) in [7, 11) is 2.98. The Bertz CT molecular complexity index is 101. The standard InChI is InChI=1S/C7H13O4/c1-4-6(9-2)7(10-3)11-5-8/h6-7H,4H2,1-3H3. The van der Waals surface area contributed by atoms with Gasteiger partial charge in [-0.2, -0.15) is 0 Å². The number of hydrogen-bond acceptors (Lipinski definition) is 4. The van der Waals surface area contributed by atoms with E-state index in [0.29, 0.717) is 0 Å². The first-order valence-electron chi connectivity index (χ1n) is 3.38. The van der Waals surface area contributed by atoms with Crippen molar-refractivity contribution in [2.24, 2.45) is 0 Å². The van der Waals surface area contributed by atoms with Gasteiger partial charge in [-0.3, -0.25) is 0 Å². The third-order valence-corrected chi connectivity index (χ3v) is 1.41. The van der Waals surface area contributed by atoms with Crippen molar-refractivity contribution in [1.82, 2.24) is 0 Å². The zero-order valence-corrected chi connectivity index (χ0v) is 6.99. The molecular formula is C7H13O4. The Kier molecular flexibility index (Phi) is 5.78. The average molecular weight is 161 g/mol. The highest BCUT2D eigenvalue weighted by atomic mass is 16.7. The first-order chi connectivity index (χ1) is 5.29. The van der Waals surface area contributed by atoms with Crippen LogP contribution in [-0.2, 0) is 19.0 Å². The van der Waals surface area contributed by atoms with Gasteiger partial charge in [0, 0.05) is 14.2 Å². The van der Waals surface area contributed by atoms with Crippen molar-refractivity contribution >= 4 is 6.47 Å². The summed E-state index contributed by atoms with van der Waals surface area (Å²) in [5.74, 6) is 0. The molecule has 2 unspecified atom stereocenters. The molecule has 0 rings (SSSR count). The van der Waals surface area contributed by atoms with Gasteiger partial charge in [0.15, 0.2) is 0 Å². The van der Waals surface area contributed by atoms with Gasteiger partial charge in [0.05, 0.1) is 0 Å². The largest absolute Gasteiger partial charge is 0.424 e. The minimum Gasteiger partial charge on any atom is -0.424 e. The molecule has 0 aliphatic carbocycles. The molecule has 0 spiro atoms. The third kappa shape index (κ3) is 3.34. The maximum Gasteiger partial charge on any atom is 0.419 e. The minimum absolute atomic E-state index is 0.221. The molecule has 0 amide bonds. The van der Waals surface area contributed by atoms with Crippen LogP contribution in [0.5, 0.6) is 0 Å². The maximum atomic E-state index is 9.83. The van der Waals surface area contributed by atoms with Crippen molar-refractivity contribution in [2.45, 2.75) is 25.7 Å². The molecule has 11 heavy (non-hydrogen) atoms. The lowest BCUT2D eigenvalue weighted by Gasteiger charge is -2.20. The zero-order valence-electron chi connectivity index (χ0n) is 6.99. The average Bonchev–Trinajstić information content (AvgIpc) is 2.05. The summed E-state index contributed by atoms with van der Waals surface area (Å²) in [6, 6.07) is 0. The Balaban J connectivity index is 3.85. The highest BCUT2D eigenvalue weighted by Crippen LogP contribution is 2.06. The molecule has 0 aliphatic heterocycles. The molecular weight excluding hydrogens is 148 g/mol. The first kappa shape index (κ1) is 10.4. The summed E-state index contributed by atoms with van der Waals surface area (Å²) in [5.41, 5.74) is 0. The topological polar surface area (TPSA) is 44.8 Å². The van der Waals surface area contributed by atoms with E-state index in [0.717, 1.165) is 6.42 Å². The van der Waals surface area contributed by atoms with Gasteiger partial charge in [-0.1, -0.05) is 6.92 Å². The summed E-state index contributed by atoms with van der Waals surface area (Å²) >= 11 is 0. The lowest BCUT2D eigenvalue weighted by Crippen LogP contribution is -2.31. The predicted octanol–water partition coefficient (Wildman–Crippen LogP) is 0.468. The highest BCUT2D eigenvalue weighted by Gasteiger charge is 2.19. The van der Waals surface area contributed by atoms with E-state index in [-0.39, 0.29) is 6.10 Å². The quantitative estimate of drug-likeness (QED) is 0.531. The van der Waals surface area contributed by atoms with Gasteiger partial charge in [-0.05, 0) is 6.42 Å². The van der Waals surface area contributed by atoms with E-state index in [1.165, 1.54) is 20.7 Å². The first-order valence-corrected chi connectivity index (χ1v) is 3.38. The second-order valence-electron chi connectivity index (χ2n) is 1.99. The van der Waals surface area contributed by atoms with Gasteiger partial charge in [0.25, 0.3) is 0 Å². The van der Waals surface area contributed by atoms with Gasteiger partial charge in [-0.25, -0.2) is 4.79 Å². The normalized spacial score (nSPS) is 15.5. The van der Waals surface area contributed by atoms with Crippen LogP contribution in [0, 0.1) is 0 Å². The molecule has 0 bridgehead atoms. The van der Waals surface area contributed by atoms with Crippen LogP contribution in [0.1, 0.15) is 13.3 Å². The molecule has 2 atom stereocenters. The number of ether oxygens (including phenoxy) is 3. The minimum atomic E-state index is -0.650. The fraction of sp³-hybridized carbons (Fsp3) is 0.857. The third-order valence-electron chi connectivity index (χ3n) is 1.41. The highest BCUT2D eigenvalue weighted by molar-refractivity contribution is 5.38. The number of carbonyl (C=O) groups excluding carboxylic acids is 1. The van der Waals surface area contributed by atoms with Crippen LogP contribution in [0.25, 0.3) is 0 Å². The molecule has 0 heterocycles. The van der Waals surface area contributed by atoms with Gasteiger partial charge in [0.2, 0.25) is 6.29 Å². The fourth-order valence-electron chi connectivity index (χ4n) is 0.793. The van der Waals surface area contributed by atoms with Gasteiger partial charge in [-0.15, -0.1) is 0 Å². The van der Waals surface area contributed by atoms with Crippen LogP contribution in [0.4, 0.5) is 0 Å². The Hall–Kier alpha value is -0.610. The number of rotatable bonds is 6. The Morgan fingerprint density at radius 1 is 1.36 bits per heavy atom. The molecule has 4 nitrogen and oxygen atoms in total. The summed E-state index contributed by atoms with van der Waals surface area (Å²) < 4.78 is 14.3. The van der Waals surface area contributed by atoms with E-state index in [1.54, 1.807) is 0 Å². The van der Waals surface area contributed by atoms with E-state index < -0.39 is 6.29 Å². The fourth-order valence-corrected chi connectivity index (χ4v) is 0.793. The van der Waals surface area contributed by atoms with E-state index >= 15 is 0 Å². The van der Waals surface area contributed by atoms with Crippen LogP contribution in [0.15, 0.2) is 0 Å². The lowest BCUT2D eigenvalue weighted by molar-refractivity contribution is -0.146. The van der Waals surface area contributed by atoms with Crippen molar-refractivity contribution in [3.05, 3.63) is 0 Å². The second kappa shape index (κ2) is 6.12. The Morgan fingerprint density at radius 2 is 2.00 bits per heavy atom. The Morgan fingerprint density at radius 3 is 2.27 bits per heavy atom. The summed E-state index contributed by atoms with van der Waals surface area (Å²) in [4.78, 5) is 9.83. The molecule has 0 aromatic rings. The molecule has 0 N–H and O–H groups in total. The monoisotopic (exact) mass is 161 g/mol. The SMILES string of the molecule is CCC(OC)C(OC)O[C]=O. The second-order valence-corrected chi connectivity index (χ2v) is 1.99. The predicted molar refractivity (Wildman–Crippen MR) is 38.7 cm³/mol. The van der Waals surface area contributed by atoms with Gasteiger partial charge < -0.3 is 14.2 Å². The molecule has 0 aromatic carbocycles. The molecule has 1 radical (unpaired) electrons. The number of hydrogen-bond donors (Lipinski definition) is 0. The van der Waals surface area contributed by atoms with Gasteiger partial charge >= 0.3 is 6.47 Å². The zero-order chi connectivity index (χ0) is 8.69. The van der Waals surface area contributed by atoms with Crippen molar-refractivity contribution in [3.63, 3.8) is 0 Å². The summed E-state index contributed by atoms with van der Waals surface area (Å²) in [6.07, 6.45) is -0.152. The molecule has 4 heteroatoms. The van der Waals surface area contributed by atoms with E-state index in [1.807, 2.05) is 6.92 Å². The van der Waals surface area contributed by atoms with Crippen molar-refractivity contribution in [3.8, 4) is 0 Å². The smallest absolute Gasteiger partial charge is 0.419 e. The van der Waals surface area contributed by atoms with Crippen molar-refractivity contribution in [1.29, 1.82) is 0 Å². The Labute approximate surface area is 66.4 Å². The van der Waals surface area contributed by atoms with Crippen molar-refractivity contribution in [2.75, 3.05) is 14.2 Å². The van der Waals surface area contributed by atoms with Crippen LogP contribution >= 0.6 is 0 Å². The molecule has 0 aromatic heterocycles. The van der Waals surface area contributed by atoms with Crippen LogP contribution < -0.4 is 0 Å².